The first-order valence-corrected chi connectivity index (χ1v) is 7.93. The molecule has 0 amide bonds. The monoisotopic (exact) mass is 450 g/mol. The van der Waals surface area contributed by atoms with Crippen LogP contribution < -0.4 is 19.7 Å². The van der Waals surface area contributed by atoms with E-state index in [0.717, 1.165) is 0 Å². The summed E-state index contributed by atoms with van der Waals surface area (Å²) in [6, 6.07) is 8.37. The van der Waals surface area contributed by atoms with E-state index in [1.165, 1.54) is 64.5 Å². The van der Waals surface area contributed by atoms with E-state index in [2.05, 4.69) is 0 Å². The first kappa shape index (κ1) is 25.9. The molecule has 2 aromatic rings. The molecule has 9 heteroatoms. The molecule has 0 aromatic heterocycles. The van der Waals surface area contributed by atoms with Crippen molar-refractivity contribution in [1.82, 2.24) is 0 Å². The zero-order valence-electron chi connectivity index (χ0n) is 16.4. The maximum Gasteiger partial charge on any atom is 2.00 e. The predicted molar refractivity (Wildman–Crippen MR) is 94.7 cm³/mol. The zero-order chi connectivity index (χ0) is 21.4. The second-order valence-corrected chi connectivity index (χ2v) is 5.52. The number of benzene rings is 2. The van der Waals surface area contributed by atoms with Gasteiger partial charge in [-0.3, -0.25) is 9.59 Å². The summed E-state index contributed by atoms with van der Waals surface area (Å²) in [5.74, 6) is -2.73. The van der Waals surface area contributed by atoms with Gasteiger partial charge in [0.15, 0.2) is 11.6 Å². The zero-order valence-corrected chi connectivity index (χ0v) is 19.4. The minimum absolute atomic E-state index is 0. The Morgan fingerprint density at radius 3 is 1.21 bits per heavy atom. The van der Waals surface area contributed by atoms with Crippen LogP contribution in [-0.2, 0) is 19.5 Å². The number of carbonyl (C=O) groups excluding carboxylic acids is 4. The van der Waals surface area contributed by atoms with Gasteiger partial charge in [-0.05, 0) is 50.2 Å². The first-order valence-electron chi connectivity index (χ1n) is 7.93. The van der Waals surface area contributed by atoms with Crippen molar-refractivity contribution in [2.75, 3.05) is 14.2 Å². The number of ether oxygens (including phenoxy) is 2. The quantitative estimate of drug-likeness (QED) is 0.458. The van der Waals surface area contributed by atoms with E-state index in [-0.39, 0.29) is 53.7 Å². The van der Waals surface area contributed by atoms with Crippen molar-refractivity contribution in [3.05, 3.63) is 58.7 Å². The molecule has 0 saturated heterocycles. The topological polar surface area (TPSA) is 133 Å². The third kappa shape index (κ3) is 7.12. The Balaban J connectivity index is 0.000000523. The summed E-state index contributed by atoms with van der Waals surface area (Å²) in [5, 5.41) is 21.3. The van der Waals surface area contributed by atoms with Crippen LogP contribution >= 0.6 is 0 Å². The number of aromatic carboxylic acids is 2. The molecule has 0 unspecified atom stereocenters. The Morgan fingerprint density at radius 1 is 0.690 bits per heavy atom. The van der Waals surface area contributed by atoms with Crippen molar-refractivity contribution < 1.29 is 58.3 Å². The van der Waals surface area contributed by atoms with Crippen LogP contribution in [0.15, 0.2) is 36.4 Å². The third-order valence-corrected chi connectivity index (χ3v) is 3.65. The number of carbonyl (C=O) groups is 4. The second-order valence-electron chi connectivity index (χ2n) is 5.52. The molecule has 0 aliphatic heterocycles. The van der Waals surface area contributed by atoms with Crippen molar-refractivity contribution in [3.63, 3.8) is 0 Å². The van der Waals surface area contributed by atoms with Crippen LogP contribution in [0.3, 0.4) is 0 Å². The van der Waals surface area contributed by atoms with E-state index in [1.54, 1.807) is 0 Å². The fourth-order valence-electron chi connectivity index (χ4n) is 2.17. The second kappa shape index (κ2) is 11.7. The molecule has 0 aliphatic rings. The molecular formula is C20H18O8Zn. The Morgan fingerprint density at radius 2 is 1.00 bits per heavy atom. The maximum atomic E-state index is 11.0. The fraction of sp³-hybridized carbons (Fsp3) is 0.200. The van der Waals surface area contributed by atoms with Crippen LogP contribution in [0, 0.1) is 0 Å². The van der Waals surface area contributed by atoms with Gasteiger partial charge in [0.2, 0.25) is 0 Å². The molecule has 2 aromatic carbocycles. The molecule has 2 rings (SSSR count). The molecule has 29 heavy (non-hydrogen) atoms. The van der Waals surface area contributed by atoms with Crippen molar-refractivity contribution in [1.29, 1.82) is 0 Å². The minimum Gasteiger partial charge on any atom is -0.545 e. The molecule has 0 bridgehead atoms. The molecule has 0 N–H and O–H groups in total. The Kier molecular flexibility index (Phi) is 10.5. The summed E-state index contributed by atoms with van der Waals surface area (Å²) in [4.78, 5) is 43.2. The van der Waals surface area contributed by atoms with Gasteiger partial charge in [-0.2, -0.15) is 0 Å². The molecule has 0 spiro atoms. The summed E-state index contributed by atoms with van der Waals surface area (Å²) >= 11 is 0. The summed E-state index contributed by atoms with van der Waals surface area (Å²) in [7, 11) is 2.71. The van der Waals surface area contributed by atoms with Crippen LogP contribution in [-0.4, -0.2) is 37.7 Å². The molecule has 0 atom stereocenters. The van der Waals surface area contributed by atoms with Gasteiger partial charge >= 0.3 is 19.5 Å². The van der Waals surface area contributed by atoms with Crippen LogP contribution in [0.1, 0.15) is 55.3 Å². The van der Waals surface area contributed by atoms with E-state index in [1.807, 2.05) is 0 Å². The van der Waals surface area contributed by atoms with Crippen LogP contribution in [0.4, 0.5) is 0 Å². The first-order chi connectivity index (χ1) is 13.1. The number of rotatable bonds is 6. The van der Waals surface area contributed by atoms with E-state index in [9.17, 15) is 29.4 Å². The number of carboxylic acids is 2. The molecular weight excluding hydrogens is 434 g/mol. The average molecular weight is 452 g/mol. The molecule has 0 fully saturated rings. The van der Waals surface area contributed by atoms with Gasteiger partial charge in [0, 0.05) is 22.3 Å². The number of hydrogen-bond acceptors (Lipinski definition) is 8. The SMILES string of the molecule is COc1ccc(C(C)=O)cc1C(=O)[O-].COc1ccc(C(C)=O)cc1C(=O)[O-].[Zn+2]. The van der Waals surface area contributed by atoms with E-state index in [4.69, 9.17) is 9.47 Å². The Bertz CT molecular complexity index is 845. The van der Waals surface area contributed by atoms with Crippen molar-refractivity contribution >= 4 is 23.5 Å². The van der Waals surface area contributed by atoms with Crippen LogP contribution in [0.25, 0.3) is 0 Å². The maximum absolute atomic E-state index is 11.0. The Labute approximate surface area is 180 Å². The third-order valence-electron chi connectivity index (χ3n) is 3.65. The van der Waals surface area contributed by atoms with Gasteiger partial charge in [0.1, 0.15) is 11.5 Å². The molecule has 0 heterocycles. The van der Waals surface area contributed by atoms with Crippen molar-refractivity contribution in [2.45, 2.75) is 13.8 Å². The molecule has 8 nitrogen and oxygen atoms in total. The molecule has 0 saturated carbocycles. The predicted octanol–water partition coefficient (Wildman–Crippen LogP) is 0.520. The number of Topliss-reactive ketones (excluding diaryl/α,β-unsaturated/α-hetero) is 2. The van der Waals surface area contributed by atoms with Crippen molar-refractivity contribution in [2.24, 2.45) is 0 Å². The molecule has 0 aliphatic carbocycles. The smallest absolute Gasteiger partial charge is 0.545 e. The van der Waals surface area contributed by atoms with Gasteiger partial charge in [0.05, 0.1) is 26.2 Å². The largest absolute Gasteiger partial charge is 2.00 e. The van der Waals surface area contributed by atoms with Gasteiger partial charge in [-0.1, -0.05) is 0 Å². The number of ketones is 2. The standard InChI is InChI=1S/2C10H10O4.Zn/c2*1-6(11)7-3-4-9(14-2)8(5-7)10(12)13;/h2*3-5H,1-2H3,(H,12,13);/q;;+2/p-2. The number of hydrogen-bond donors (Lipinski definition) is 0. The van der Waals surface area contributed by atoms with Gasteiger partial charge in [-0.15, -0.1) is 0 Å². The fourth-order valence-corrected chi connectivity index (χ4v) is 2.17. The number of methoxy groups -OCH3 is 2. The van der Waals surface area contributed by atoms with E-state index >= 15 is 0 Å². The molecule has 148 valence electrons. The van der Waals surface area contributed by atoms with Gasteiger partial charge in [0.25, 0.3) is 0 Å². The normalized spacial score (nSPS) is 9.24. The summed E-state index contributed by atoms with van der Waals surface area (Å²) < 4.78 is 9.62. The van der Waals surface area contributed by atoms with Crippen LogP contribution in [0.5, 0.6) is 11.5 Å². The summed E-state index contributed by atoms with van der Waals surface area (Å²) in [5.41, 5.74) is 0.426. The van der Waals surface area contributed by atoms with Crippen LogP contribution in [0.2, 0.25) is 0 Å². The van der Waals surface area contributed by atoms with Crippen molar-refractivity contribution in [3.8, 4) is 11.5 Å². The average Bonchev–Trinajstić information content (AvgIpc) is 2.66. The minimum atomic E-state index is -1.36. The number of carboxylic acid groups (broad SMARTS) is 2. The Hall–Kier alpha value is -3.06. The van der Waals surface area contributed by atoms with E-state index in [0.29, 0.717) is 11.1 Å². The summed E-state index contributed by atoms with van der Waals surface area (Å²) in [6.07, 6.45) is 0. The summed E-state index contributed by atoms with van der Waals surface area (Å²) in [6.45, 7) is 2.72. The van der Waals surface area contributed by atoms with Gasteiger partial charge in [-0.25, -0.2) is 0 Å². The van der Waals surface area contributed by atoms with E-state index < -0.39 is 11.9 Å². The molecule has 0 radical (unpaired) electrons. The van der Waals surface area contributed by atoms with Gasteiger partial charge < -0.3 is 29.3 Å².